The van der Waals surface area contributed by atoms with Crippen LogP contribution in [0, 0.1) is 5.82 Å². The first-order chi connectivity index (χ1) is 13.0. The molecule has 0 bridgehead atoms. The third-order valence-electron chi connectivity index (χ3n) is 3.46. The molecule has 0 aromatic carbocycles. The van der Waals surface area contributed by atoms with Crippen molar-refractivity contribution in [2.45, 2.75) is 33.1 Å². The molecule has 0 aliphatic carbocycles. The second-order valence-corrected chi connectivity index (χ2v) is 8.16. The van der Waals surface area contributed by atoms with Crippen molar-refractivity contribution in [3.63, 3.8) is 0 Å². The number of esters is 1. The Balaban J connectivity index is 2.50. The predicted octanol–water partition coefficient (Wildman–Crippen LogP) is 5.52. The molecule has 150 valence electrons. The second kappa shape index (κ2) is 8.98. The van der Waals surface area contributed by atoms with Crippen molar-refractivity contribution in [1.29, 1.82) is 0 Å². The lowest BCUT2D eigenvalue weighted by atomic mass is 9.93. The van der Waals surface area contributed by atoms with Crippen molar-refractivity contribution < 1.29 is 19.0 Å². The number of halogens is 3. The van der Waals surface area contributed by atoms with E-state index < -0.39 is 22.7 Å². The molecule has 0 aliphatic heterocycles. The molecule has 0 spiro atoms. The summed E-state index contributed by atoms with van der Waals surface area (Å²) in [5.74, 6) is -2.40. The number of hydrogen-bond acceptors (Lipinski definition) is 7. The number of nitrogens with zero attached hydrogens (tertiary/aromatic N) is 3. The van der Waals surface area contributed by atoms with Gasteiger partial charge in [0.15, 0.2) is 11.0 Å². The Labute approximate surface area is 175 Å². The number of aliphatic imine (C=N–C) groups is 1. The topological polar surface area (TPSA) is 84.7 Å². The summed E-state index contributed by atoms with van der Waals surface area (Å²) in [7, 11) is 0. The lowest BCUT2D eigenvalue weighted by molar-refractivity contribution is -0.137. The fourth-order valence-electron chi connectivity index (χ4n) is 1.96. The van der Waals surface area contributed by atoms with Crippen molar-refractivity contribution in [2.24, 2.45) is 4.99 Å². The maximum absolute atomic E-state index is 13.8. The van der Waals surface area contributed by atoms with Gasteiger partial charge >= 0.3 is 5.97 Å². The van der Waals surface area contributed by atoms with Crippen molar-refractivity contribution in [1.82, 2.24) is 9.97 Å². The summed E-state index contributed by atoms with van der Waals surface area (Å²) in [5, 5.41) is 12.0. The molecule has 2 aromatic heterocycles. The van der Waals surface area contributed by atoms with Gasteiger partial charge in [-0.05, 0) is 13.0 Å². The molecule has 2 rings (SSSR count). The largest absolute Gasteiger partial charge is 0.506 e. The third-order valence-corrected chi connectivity index (χ3v) is 4.76. The molecule has 0 amide bonds. The Morgan fingerprint density at radius 2 is 2.04 bits per heavy atom. The number of ether oxygens (including phenoxy) is 1. The Morgan fingerprint density at radius 1 is 1.36 bits per heavy atom. The number of aromatic nitrogens is 2. The minimum atomic E-state index is -0.900. The van der Waals surface area contributed by atoms with Crippen LogP contribution in [0.1, 0.15) is 39.0 Å². The molecule has 0 aliphatic rings. The smallest absolute Gasteiger partial charge is 0.343 e. The zero-order valence-corrected chi connectivity index (χ0v) is 17.9. The zero-order chi connectivity index (χ0) is 21.1. The highest BCUT2D eigenvalue weighted by atomic mass is 35.5. The molecule has 2 aromatic rings. The average molecular weight is 446 g/mol. The summed E-state index contributed by atoms with van der Waals surface area (Å²) in [5.41, 5.74) is 0.140. The van der Waals surface area contributed by atoms with Crippen LogP contribution in [0.4, 0.5) is 9.52 Å². The van der Waals surface area contributed by atoms with Crippen molar-refractivity contribution in [2.75, 3.05) is 6.61 Å². The van der Waals surface area contributed by atoms with Gasteiger partial charge in [-0.3, -0.25) is 0 Å². The number of carbonyl (C=O) groups is 1. The van der Waals surface area contributed by atoms with E-state index in [9.17, 15) is 14.3 Å². The Kier molecular flexibility index (Phi) is 7.14. The van der Waals surface area contributed by atoms with Crippen molar-refractivity contribution in [3.8, 4) is 0 Å². The Bertz CT molecular complexity index is 952. The standard InChI is InChI=1S/C18H18Cl2FN3O3S/c1-5-27-16(26)10(7-22-17-23-12(8-28-17)18(2,3)4)13(25)9-6-11(21)15(20)24-14(9)19/h6-8,25H,5H2,1-4H3/b13-10+,22-7+. The first kappa shape index (κ1) is 22.3. The van der Waals surface area contributed by atoms with E-state index >= 15 is 0 Å². The summed E-state index contributed by atoms with van der Waals surface area (Å²) in [6.07, 6.45) is 1.10. The second-order valence-electron chi connectivity index (χ2n) is 6.61. The molecule has 0 fully saturated rings. The lowest BCUT2D eigenvalue weighted by Crippen LogP contribution is -2.12. The summed E-state index contributed by atoms with van der Waals surface area (Å²) in [6, 6.07) is 0.876. The van der Waals surface area contributed by atoms with E-state index in [1.165, 1.54) is 11.3 Å². The van der Waals surface area contributed by atoms with Crippen LogP contribution in [-0.2, 0) is 14.9 Å². The minimum absolute atomic E-state index is 0.0653. The summed E-state index contributed by atoms with van der Waals surface area (Å²) < 4.78 is 18.7. The van der Waals surface area contributed by atoms with E-state index in [0.717, 1.165) is 18.0 Å². The molecule has 10 heteroatoms. The molecule has 1 N–H and O–H groups in total. The molecule has 0 atom stereocenters. The molecule has 28 heavy (non-hydrogen) atoms. The number of hydrogen-bond donors (Lipinski definition) is 1. The number of pyridine rings is 1. The summed E-state index contributed by atoms with van der Waals surface area (Å²) >= 11 is 12.8. The number of rotatable bonds is 5. The van der Waals surface area contributed by atoms with Gasteiger partial charge in [0, 0.05) is 17.0 Å². The average Bonchev–Trinajstić information content (AvgIpc) is 3.07. The fourth-order valence-corrected chi connectivity index (χ4v) is 3.26. The van der Waals surface area contributed by atoms with Gasteiger partial charge in [0.05, 0.1) is 17.9 Å². The van der Waals surface area contributed by atoms with E-state index in [0.29, 0.717) is 5.13 Å². The monoisotopic (exact) mass is 445 g/mol. The number of thiazole rings is 1. The van der Waals surface area contributed by atoms with Gasteiger partial charge in [0.25, 0.3) is 0 Å². The van der Waals surface area contributed by atoms with Crippen LogP contribution in [0.3, 0.4) is 0 Å². The maximum atomic E-state index is 13.8. The zero-order valence-electron chi connectivity index (χ0n) is 15.6. The molecule has 0 saturated carbocycles. The number of aliphatic hydroxyl groups is 1. The van der Waals surface area contributed by atoms with Crippen LogP contribution in [0.25, 0.3) is 5.76 Å². The molecule has 0 saturated heterocycles. The van der Waals surface area contributed by atoms with Gasteiger partial charge in [-0.15, -0.1) is 11.3 Å². The molecule has 6 nitrogen and oxygen atoms in total. The van der Waals surface area contributed by atoms with Crippen LogP contribution in [0.15, 0.2) is 22.0 Å². The predicted molar refractivity (Wildman–Crippen MR) is 109 cm³/mol. The van der Waals surface area contributed by atoms with Crippen molar-refractivity contribution >= 4 is 57.6 Å². The molecule has 0 radical (unpaired) electrons. The Hall–Kier alpha value is -2.03. The lowest BCUT2D eigenvalue weighted by Gasteiger charge is -2.13. The van der Waals surface area contributed by atoms with E-state index in [1.807, 2.05) is 26.2 Å². The normalized spacial score (nSPS) is 13.0. The van der Waals surface area contributed by atoms with E-state index in [-0.39, 0.29) is 28.3 Å². The van der Waals surface area contributed by atoms with Gasteiger partial charge < -0.3 is 9.84 Å². The van der Waals surface area contributed by atoms with Gasteiger partial charge in [-0.2, -0.15) is 0 Å². The van der Waals surface area contributed by atoms with Gasteiger partial charge in [-0.1, -0.05) is 44.0 Å². The summed E-state index contributed by atoms with van der Waals surface area (Å²) in [4.78, 5) is 24.4. The van der Waals surface area contributed by atoms with Gasteiger partial charge in [-0.25, -0.2) is 24.1 Å². The van der Waals surface area contributed by atoms with Crippen LogP contribution in [0.2, 0.25) is 10.3 Å². The number of carbonyl (C=O) groups excluding carboxylic acids is 1. The quantitative estimate of drug-likeness (QED) is 0.215. The molecular weight excluding hydrogens is 428 g/mol. The first-order valence-electron chi connectivity index (χ1n) is 8.17. The molecular formula is C18H18Cl2FN3O3S. The molecule has 0 unspecified atom stereocenters. The van der Waals surface area contributed by atoms with Crippen LogP contribution in [0.5, 0.6) is 0 Å². The van der Waals surface area contributed by atoms with E-state index in [1.54, 1.807) is 6.92 Å². The van der Waals surface area contributed by atoms with Crippen LogP contribution < -0.4 is 0 Å². The highest BCUT2D eigenvalue weighted by Gasteiger charge is 2.21. The minimum Gasteiger partial charge on any atom is -0.506 e. The fraction of sp³-hybridized carbons (Fsp3) is 0.333. The van der Waals surface area contributed by atoms with Crippen molar-refractivity contribution in [3.05, 3.63) is 44.4 Å². The van der Waals surface area contributed by atoms with E-state index in [4.69, 9.17) is 27.9 Å². The first-order valence-corrected chi connectivity index (χ1v) is 9.80. The van der Waals surface area contributed by atoms with Gasteiger partial charge in [0.2, 0.25) is 5.13 Å². The van der Waals surface area contributed by atoms with E-state index in [2.05, 4.69) is 15.0 Å². The molecule has 2 heterocycles. The summed E-state index contributed by atoms with van der Waals surface area (Å²) in [6.45, 7) is 7.70. The number of aliphatic hydroxyl groups excluding tert-OH is 1. The maximum Gasteiger partial charge on any atom is 0.343 e. The highest BCUT2D eigenvalue weighted by Crippen LogP contribution is 2.29. The SMILES string of the molecule is CCOC(=O)C(/C=N/c1nc(C(C)(C)C)cs1)=C(/O)c1cc(F)c(Cl)nc1Cl. The third kappa shape index (κ3) is 5.27. The van der Waals surface area contributed by atoms with Crippen LogP contribution in [-0.4, -0.2) is 33.9 Å². The van der Waals surface area contributed by atoms with Crippen LogP contribution >= 0.6 is 34.5 Å². The Morgan fingerprint density at radius 3 is 2.61 bits per heavy atom. The highest BCUT2D eigenvalue weighted by molar-refractivity contribution is 7.13. The van der Waals surface area contributed by atoms with Gasteiger partial charge in [0.1, 0.15) is 16.5 Å².